The third-order valence-corrected chi connectivity index (χ3v) is 5.03. The van der Waals surface area contributed by atoms with Crippen LogP contribution in [0.2, 0.25) is 0 Å². The fourth-order valence-electron chi connectivity index (χ4n) is 2.93. The van der Waals surface area contributed by atoms with Crippen LogP contribution in [0.25, 0.3) is 11.3 Å². The fourth-order valence-corrected chi connectivity index (χ4v) is 3.76. The summed E-state index contributed by atoms with van der Waals surface area (Å²) in [6.45, 7) is 2.10. The second kappa shape index (κ2) is 7.46. The van der Waals surface area contributed by atoms with Gasteiger partial charge in [-0.05, 0) is 19.1 Å². The van der Waals surface area contributed by atoms with Crippen LogP contribution in [0.1, 0.15) is 25.8 Å². The van der Waals surface area contributed by atoms with E-state index in [4.69, 9.17) is 14.2 Å². The number of halogens is 1. The second-order valence-corrected chi connectivity index (χ2v) is 7.22. The molecule has 0 unspecified atom stereocenters. The number of aryl methyl sites for hydroxylation is 1. The van der Waals surface area contributed by atoms with Gasteiger partial charge in [0.05, 0.1) is 17.3 Å². The minimum absolute atomic E-state index is 0.0891. The minimum Gasteiger partial charge on any atom is -0.467 e. The Labute approximate surface area is 159 Å². The molecule has 2 aromatic carbocycles. The van der Waals surface area contributed by atoms with Crippen molar-refractivity contribution in [2.24, 2.45) is 0 Å². The average Bonchev–Trinajstić information content (AvgIpc) is 3.08. The lowest BCUT2D eigenvalue weighted by Gasteiger charge is -2.20. The van der Waals surface area contributed by atoms with E-state index in [1.165, 1.54) is 23.5 Å². The molecule has 0 fully saturated rings. The van der Waals surface area contributed by atoms with E-state index in [0.717, 1.165) is 10.6 Å². The number of carbonyl (C=O) groups is 1. The largest absolute Gasteiger partial charge is 0.467 e. The van der Waals surface area contributed by atoms with Crippen molar-refractivity contribution in [1.82, 2.24) is 4.98 Å². The van der Waals surface area contributed by atoms with E-state index in [1.807, 2.05) is 37.3 Å². The van der Waals surface area contributed by atoms with Gasteiger partial charge in [0.1, 0.15) is 23.1 Å². The normalized spacial score (nSPS) is 13.0. The minimum atomic E-state index is -0.496. The van der Waals surface area contributed by atoms with Gasteiger partial charge in [-0.15, -0.1) is 11.3 Å². The number of carbonyl (C=O) groups excluding carboxylic acids is 1. The van der Waals surface area contributed by atoms with Crippen molar-refractivity contribution in [2.45, 2.75) is 20.1 Å². The average molecular weight is 385 g/mol. The topological polar surface area (TPSA) is 57.7 Å². The molecule has 0 saturated heterocycles. The molecule has 0 aliphatic carbocycles. The smallest absolute Gasteiger partial charge is 0.350 e. The SMILES string of the molecule is Cc1nc(-c2ccccc2)c(C(=O)OCc2cc(F)cc3c2OCOC3)s1. The maximum Gasteiger partial charge on any atom is 0.350 e. The highest BCUT2D eigenvalue weighted by Crippen LogP contribution is 2.32. The fraction of sp³-hybridized carbons (Fsp3) is 0.200. The quantitative estimate of drug-likeness (QED) is 0.620. The molecule has 1 aliphatic heterocycles. The monoisotopic (exact) mass is 385 g/mol. The second-order valence-electron chi connectivity index (χ2n) is 6.02. The molecule has 0 amide bonds. The molecular weight excluding hydrogens is 369 g/mol. The first kappa shape index (κ1) is 17.6. The van der Waals surface area contributed by atoms with E-state index < -0.39 is 11.8 Å². The summed E-state index contributed by atoms with van der Waals surface area (Å²) >= 11 is 1.27. The lowest BCUT2D eigenvalue weighted by atomic mass is 10.1. The molecule has 0 saturated carbocycles. The molecule has 2 heterocycles. The van der Waals surface area contributed by atoms with Gasteiger partial charge >= 0.3 is 5.97 Å². The Morgan fingerprint density at radius 3 is 2.93 bits per heavy atom. The molecule has 1 aromatic heterocycles. The third-order valence-electron chi connectivity index (χ3n) is 4.08. The lowest BCUT2D eigenvalue weighted by Crippen LogP contribution is -2.14. The van der Waals surface area contributed by atoms with Crippen molar-refractivity contribution in [3.05, 3.63) is 69.3 Å². The molecular formula is C20H16FNO4S. The standard InChI is InChI=1S/C20H16FNO4S/c1-12-22-17(13-5-3-2-4-6-13)19(27-12)20(23)25-10-15-8-16(21)7-14-9-24-11-26-18(14)15/h2-8H,9-11H2,1H3. The van der Waals surface area contributed by atoms with Crippen molar-refractivity contribution in [1.29, 1.82) is 0 Å². The van der Waals surface area contributed by atoms with Gasteiger partial charge in [0.15, 0.2) is 6.79 Å². The lowest BCUT2D eigenvalue weighted by molar-refractivity contribution is -0.0182. The maximum atomic E-state index is 13.8. The van der Waals surface area contributed by atoms with Crippen molar-refractivity contribution < 1.29 is 23.4 Å². The zero-order chi connectivity index (χ0) is 18.8. The molecule has 0 N–H and O–H groups in total. The Kier molecular flexibility index (Phi) is 4.87. The summed E-state index contributed by atoms with van der Waals surface area (Å²) in [6.07, 6.45) is 0. The Bertz CT molecular complexity index is 987. The van der Waals surface area contributed by atoms with Crippen molar-refractivity contribution in [3.63, 3.8) is 0 Å². The number of ether oxygens (including phenoxy) is 3. The van der Waals surface area contributed by atoms with Crippen molar-refractivity contribution in [2.75, 3.05) is 6.79 Å². The summed E-state index contributed by atoms with van der Waals surface area (Å²) < 4.78 is 29.9. The van der Waals surface area contributed by atoms with Crippen LogP contribution in [0.4, 0.5) is 4.39 Å². The van der Waals surface area contributed by atoms with Crippen LogP contribution in [0, 0.1) is 12.7 Å². The third kappa shape index (κ3) is 3.70. The van der Waals surface area contributed by atoms with Crippen LogP contribution >= 0.6 is 11.3 Å². The summed E-state index contributed by atoms with van der Waals surface area (Å²) in [4.78, 5) is 17.5. The van der Waals surface area contributed by atoms with Crippen molar-refractivity contribution >= 4 is 17.3 Å². The van der Waals surface area contributed by atoms with E-state index in [2.05, 4.69) is 4.98 Å². The van der Waals surface area contributed by atoms with E-state index in [-0.39, 0.29) is 20.0 Å². The predicted molar refractivity (Wildman–Crippen MR) is 98.1 cm³/mol. The number of rotatable bonds is 4. The Balaban J connectivity index is 1.57. The number of hydrogen-bond donors (Lipinski definition) is 0. The van der Waals surface area contributed by atoms with Crippen LogP contribution < -0.4 is 4.74 Å². The highest BCUT2D eigenvalue weighted by atomic mass is 32.1. The predicted octanol–water partition coefficient (Wildman–Crippen LogP) is 4.48. The van der Waals surface area contributed by atoms with E-state index in [9.17, 15) is 9.18 Å². The summed E-state index contributed by atoms with van der Waals surface area (Å²) in [7, 11) is 0. The Hall–Kier alpha value is -2.77. The first-order valence-corrected chi connectivity index (χ1v) is 9.15. The first-order chi connectivity index (χ1) is 13.1. The van der Waals surface area contributed by atoms with Crippen LogP contribution in [0.5, 0.6) is 5.75 Å². The molecule has 5 nitrogen and oxygen atoms in total. The maximum absolute atomic E-state index is 13.8. The number of thiazole rings is 1. The zero-order valence-electron chi connectivity index (χ0n) is 14.5. The van der Waals surface area contributed by atoms with Gasteiger partial charge in [-0.2, -0.15) is 0 Å². The summed E-state index contributed by atoms with van der Waals surface area (Å²) in [6, 6.07) is 12.1. The number of fused-ring (bicyclic) bond motifs is 1. The molecule has 0 atom stereocenters. The van der Waals surface area contributed by atoms with Gasteiger partial charge < -0.3 is 14.2 Å². The molecule has 27 heavy (non-hydrogen) atoms. The molecule has 0 bridgehead atoms. The molecule has 0 spiro atoms. The van der Waals surface area contributed by atoms with E-state index in [0.29, 0.717) is 27.4 Å². The Morgan fingerprint density at radius 2 is 2.11 bits per heavy atom. The number of benzene rings is 2. The van der Waals surface area contributed by atoms with Crippen molar-refractivity contribution in [3.8, 4) is 17.0 Å². The molecule has 3 aromatic rings. The van der Waals surface area contributed by atoms with Crippen LogP contribution in [-0.4, -0.2) is 17.7 Å². The number of esters is 1. The number of nitrogens with zero attached hydrogens (tertiary/aromatic N) is 1. The van der Waals surface area contributed by atoms with Gasteiger partial charge in [0.25, 0.3) is 0 Å². The van der Waals surface area contributed by atoms with Gasteiger partial charge in [-0.1, -0.05) is 30.3 Å². The van der Waals surface area contributed by atoms with Crippen LogP contribution in [-0.2, 0) is 22.7 Å². The zero-order valence-corrected chi connectivity index (χ0v) is 15.3. The van der Waals surface area contributed by atoms with Crippen LogP contribution in [0.3, 0.4) is 0 Å². The van der Waals surface area contributed by atoms with Gasteiger partial charge in [-0.25, -0.2) is 14.2 Å². The number of aromatic nitrogens is 1. The molecule has 4 rings (SSSR count). The number of hydrogen-bond acceptors (Lipinski definition) is 6. The van der Waals surface area contributed by atoms with Gasteiger partial charge in [0.2, 0.25) is 0 Å². The van der Waals surface area contributed by atoms with E-state index >= 15 is 0 Å². The molecule has 0 radical (unpaired) electrons. The highest BCUT2D eigenvalue weighted by molar-refractivity contribution is 7.14. The van der Waals surface area contributed by atoms with Crippen LogP contribution in [0.15, 0.2) is 42.5 Å². The summed E-state index contributed by atoms with van der Waals surface area (Å²) in [5.41, 5.74) is 2.52. The highest BCUT2D eigenvalue weighted by Gasteiger charge is 2.22. The van der Waals surface area contributed by atoms with Gasteiger partial charge in [0, 0.05) is 16.7 Å². The molecule has 138 valence electrons. The first-order valence-electron chi connectivity index (χ1n) is 8.33. The van der Waals surface area contributed by atoms with Gasteiger partial charge in [-0.3, -0.25) is 0 Å². The Morgan fingerprint density at radius 1 is 1.30 bits per heavy atom. The molecule has 1 aliphatic rings. The summed E-state index contributed by atoms with van der Waals surface area (Å²) in [5, 5.41) is 0.768. The summed E-state index contributed by atoms with van der Waals surface area (Å²) in [5.74, 6) is -0.406. The molecule has 7 heteroatoms. The van der Waals surface area contributed by atoms with E-state index in [1.54, 1.807) is 0 Å².